The predicted molar refractivity (Wildman–Crippen MR) is 76.8 cm³/mol. The molecule has 1 aromatic carbocycles. The lowest BCUT2D eigenvalue weighted by atomic mass is 10.1. The van der Waals surface area contributed by atoms with Crippen molar-refractivity contribution in [3.8, 4) is 0 Å². The quantitative estimate of drug-likeness (QED) is 0.871. The number of nitrogens with one attached hydrogen (secondary N) is 1. The van der Waals surface area contributed by atoms with Crippen LogP contribution in [0.1, 0.15) is 36.9 Å². The molecular formula is C16H22N2. The van der Waals surface area contributed by atoms with E-state index in [9.17, 15) is 0 Å². The largest absolute Gasteiger partial charge is 0.346 e. The molecule has 1 saturated carbocycles. The number of nitrogens with zero attached hydrogens (tertiary/aromatic N) is 1. The summed E-state index contributed by atoms with van der Waals surface area (Å²) in [7, 11) is 2.17. The first-order chi connectivity index (χ1) is 8.75. The molecule has 1 N–H and O–H groups in total. The molecule has 0 spiro atoms. The van der Waals surface area contributed by atoms with Crippen LogP contribution < -0.4 is 5.32 Å². The van der Waals surface area contributed by atoms with Crippen molar-refractivity contribution in [3.63, 3.8) is 0 Å². The molecule has 0 bridgehead atoms. The first-order valence-electron chi connectivity index (χ1n) is 7.03. The number of rotatable bonds is 3. The van der Waals surface area contributed by atoms with E-state index in [4.69, 9.17) is 0 Å². The van der Waals surface area contributed by atoms with Crippen molar-refractivity contribution >= 4 is 10.9 Å². The third kappa shape index (κ3) is 2.05. The molecule has 1 aliphatic rings. The van der Waals surface area contributed by atoms with Gasteiger partial charge in [0.15, 0.2) is 0 Å². The lowest BCUT2D eigenvalue weighted by Gasteiger charge is -2.12. The summed E-state index contributed by atoms with van der Waals surface area (Å²) in [6.07, 6.45) is 5.49. The zero-order valence-corrected chi connectivity index (χ0v) is 11.4. The van der Waals surface area contributed by atoms with Crippen LogP contribution in [0.5, 0.6) is 0 Å². The molecular weight excluding hydrogens is 220 g/mol. The highest BCUT2D eigenvalue weighted by Crippen LogP contribution is 2.23. The van der Waals surface area contributed by atoms with Crippen molar-refractivity contribution in [1.29, 1.82) is 0 Å². The Labute approximate surface area is 109 Å². The van der Waals surface area contributed by atoms with Gasteiger partial charge in [0, 0.05) is 36.2 Å². The summed E-state index contributed by atoms with van der Waals surface area (Å²) in [6, 6.07) is 9.63. The Morgan fingerprint density at radius 3 is 2.78 bits per heavy atom. The number of aryl methyl sites for hydroxylation is 2. The topological polar surface area (TPSA) is 17.0 Å². The monoisotopic (exact) mass is 242 g/mol. The van der Waals surface area contributed by atoms with Gasteiger partial charge in [-0.3, -0.25) is 0 Å². The number of aromatic nitrogens is 1. The summed E-state index contributed by atoms with van der Waals surface area (Å²) < 4.78 is 2.32. The van der Waals surface area contributed by atoms with E-state index >= 15 is 0 Å². The van der Waals surface area contributed by atoms with E-state index in [1.165, 1.54) is 47.8 Å². The Bertz CT molecular complexity index is 547. The maximum Gasteiger partial charge on any atom is 0.0482 e. The smallest absolute Gasteiger partial charge is 0.0482 e. The molecule has 1 heterocycles. The zero-order chi connectivity index (χ0) is 12.5. The Hall–Kier alpha value is -1.28. The van der Waals surface area contributed by atoms with E-state index in [1.54, 1.807) is 0 Å². The minimum atomic E-state index is 0.740. The van der Waals surface area contributed by atoms with Gasteiger partial charge in [0.1, 0.15) is 0 Å². The van der Waals surface area contributed by atoms with E-state index in [1.807, 2.05) is 0 Å². The lowest BCUT2D eigenvalue weighted by Crippen LogP contribution is -2.26. The van der Waals surface area contributed by atoms with Gasteiger partial charge in [0.2, 0.25) is 0 Å². The Balaban J connectivity index is 1.83. The molecule has 2 nitrogen and oxygen atoms in total. The maximum atomic E-state index is 3.70. The van der Waals surface area contributed by atoms with Crippen LogP contribution in [0.4, 0.5) is 0 Å². The van der Waals surface area contributed by atoms with Crippen molar-refractivity contribution in [1.82, 2.24) is 9.88 Å². The van der Waals surface area contributed by atoms with Crippen LogP contribution in [-0.2, 0) is 13.6 Å². The van der Waals surface area contributed by atoms with Crippen LogP contribution in [0.3, 0.4) is 0 Å². The van der Waals surface area contributed by atoms with Gasteiger partial charge in [0.05, 0.1) is 0 Å². The van der Waals surface area contributed by atoms with Crippen LogP contribution in [0.2, 0.25) is 0 Å². The van der Waals surface area contributed by atoms with Crippen molar-refractivity contribution < 1.29 is 0 Å². The molecule has 1 aliphatic carbocycles. The summed E-state index contributed by atoms with van der Waals surface area (Å²) in [4.78, 5) is 0. The van der Waals surface area contributed by atoms with Gasteiger partial charge in [-0.2, -0.15) is 0 Å². The van der Waals surface area contributed by atoms with Gasteiger partial charge in [-0.1, -0.05) is 25.0 Å². The second kappa shape index (κ2) is 4.77. The van der Waals surface area contributed by atoms with Crippen molar-refractivity contribution in [2.45, 2.75) is 45.2 Å². The number of benzene rings is 1. The van der Waals surface area contributed by atoms with Crippen LogP contribution in [0.25, 0.3) is 10.9 Å². The van der Waals surface area contributed by atoms with Gasteiger partial charge < -0.3 is 9.88 Å². The summed E-state index contributed by atoms with van der Waals surface area (Å²) in [6.45, 7) is 3.19. The van der Waals surface area contributed by atoms with Crippen molar-refractivity contribution in [2.75, 3.05) is 0 Å². The fraction of sp³-hybridized carbons (Fsp3) is 0.500. The Morgan fingerprint density at radius 2 is 2.06 bits per heavy atom. The van der Waals surface area contributed by atoms with Crippen LogP contribution >= 0.6 is 0 Å². The minimum absolute atomic E-state index is 0.740. The molecule has 18 heavy (non-hydrogen) atoms. The molecule has 2 aromatic rings. The molecule has 1 aromatic heterocycles. The van der Waals surface area contributed by atoms with Gasteiger partial charge in [-0.15, -0.1) is 0 Å². The SMILES string of the molecule is Cc1cccc2c1cc(CNC1CCCC1)n2C. The molecule has 3 rings (SSSR count). The van der Waals surface area contributed by atoms with Crippen LogP contribution in [0, 0.1) is 6.92 Å². The van der Waals surface area contributed by atoms with E-state index in [0.717, 1.165) is 12.6 Å². The maximum absolute atomic E-state index is 3.70. The summed E-state index contributed by atoms with van der Waals surface area (Å²) in [5, 5.41) is 5.09. The second-order valence-corrected chi connectivity index (χ2v) is 5.56. The third-order valence-corrected chi connectivity index (χ3v) is 4.33. The van der Waals surface area contributed by atoms with Crippen LogP contribution in [-0.4, -0.2) is 10.6 Å². The average molecular weight is 242 g/mol. The number of hydrogen-bond acceptors (Lipinski definition) is 1. The van der Waals surface area contributed by atoms with Crippen LogP contribution in [0.15, 0.2) is 24.3 Å². The fourth-order valence-corrected chi connectivity index (χ4v) is 3.11. The molecule has 0 saturated heterocycles. The van der Waals surface area contributed by atoms with E-state index in [2.05, 4.69) is 48.1 Å². The molecule has 1 fully saturated rings. The molecule has 2 heteroatoms. The average Bonchev–Trinajstić information content (AvgIpc) is 2.97. The first kappa shape index (κ1) is 11.8. The highest BCUT2D eigenvalue weighted by Gasteiger charge is 2.15. The summed E-state index contributed by atoms with van der Waals surface area (Å²) in [5.74, 6) is 0. The molecule has 96 valence electrons. The third-order valence-electron chi connectivity index (χ3n) is 4.33. The summed E-state index contributed by atoms with van der Waals surface area (Å²) >= 11 is 0. The highest BCUT2D eigenvalue weighted by atomic mass is 15.0. The standard InChI is InChI=1S/C16H22N2/c1-12-6-5-9-16-15(12)10-14(18(16)2)11-17-13-7-3-4-8-13/h5-6,9-10,13,17H,3-4,7-8,11H2,1-2H3. The van der Waals surface area contributed by atoms with Gasteiger partial charge >= 0.3 is 0 Å². The molecule has 0 radical (unpaired) electrons. The van der Waals surface area contributed by atoms with E-state index in [0.29, 0.717) is 0 Å². The molecule has 0 atom stereocenters. The zero-order valence-electron chi connectivity index (χ0n) is 11.4. The Kier molecular flexibility index (Phi) is 3.13. The summed E-state index contributed by atoms with van der Waals surface area (Å²) in [5.41, 5.74) is 4.11. The van der Waals surface area contributed by atoms with E-state index < -0.39 is 0 Å². The van der Waals surface area contributed by atoms with Gasteiger partial charge in [-0.25, -0.2) is 0 Å². The normalized spacial score (nSPS) is 16.8. The van der Waals surface area contributed by atoms with E-state index in [-0.39, 0.29) is 0 Å². The predicted octanol–water partition coefficient (Wildman–Crippen LogP) is 3.52. The Morgan fingerprint density at radius 1 is 1.28 bits per heavy atom. The number of fused-ring (bicyclic) bond motifs is 1. The fourth-order valence-electron chi connectivity index (χ4n) is 3.11. The van der Waals surface area contributed by atoms with Gasteiger partial charge in [0.25, 0.3) is 0 Å². The minimum Gasteiger partial charge on any atom is -0.346 e. The lowest BCUT2D eigenvalue weighted by molar-refractivity contribution is 0.514. The highest BCUT2D eigenvalue weighted by molar-refractivity contribution is 5.84. The van der Waals surface area contributed by atoms with Crippen molar-refractivity contribution in [3.05, 3.63) is 35.5 Å². The second-order valence-electron chi connectivity index (χ2n) is 5.56. The molecule has 0 aliphatic heterocycles. The van der Waals surface area contributed by atoms with Gasteiger partial charge in [-0.05, 0) is 37.5 Å². The first-order valence-corrected chi connectivity index (χ1v) is 7.03. The number of hydrogen-bond donors (Lipinski definition) is 1. The molecule has 0 unspecified atom stereocenters. The molecule has 0 amide bonds. The van der Waals surface area contributed by atoms with Crippen molar-refractivity contribution in [2.24, 2.45) is 7.05 Å².